The lowest BCUT2D eigenvalue weighted by molar-refractivity contribution is 0.0269. The van der Waals surface area contributed by atoms with Crippen molar-refractivity contribution in [2.45, 2.75) is 17.7 Å². The highest BCUT2D eigenvalue weighted by molar-refractivity contribution is 7.89. The molecule has 0 radical (unpaired) electrons. The molecule has 0 saturated carbocycles. The molecule has 2 fully saturated rings. The Morgan fingerprint density at radius 1 is 1.20 bits per heavy atom. The first-order chi connectivity index (χ1) is 12.0. The molecule has 2 heterocycles. The van der Waals surface area contributed by atoms with Crippen LogP contribution < -0.4 is 4.74 Å². The lowest BCUT2D eigenvalue weighted by Gasteiger charge is -2.35. The number of morpholine rings is 1. The molecule has 2 saturated heterocycles. The molecule has 25 heavy (non-hydrogen) atoms. The number of piperidine rings is 1. The van der Waals surface area contributed by atoms with E-state index in [0.29, 0.717) is 29.8 Å². The number of benzene rings is 1. The maximum atomic E-state index is 13.0. The van der Waals surface area contributed by atoms with E-state index in [2.05, 4.69) is 4.90 Å². The second kappa shape index (κ2) is 8.22. The molecule has 0 aliphatic carbocycles. The Labute approximate surface area is 154 Å². The molecule has 0 spiro atoms. The lowest BCUT2D eigenvalue weighted by Crippen LogP contribution is -2.44. The Hall–Kier alpha value is -0.860. The van der Waals surface area contributed by atoms with Gasteiger partial charge >= 0.3 is 0 Å². The minimum atomic E-state index is -3.59. The fourth-order valence-electron chi connectivity index (χ4n) is 3.47. The van der Waals surface area contributed by atoms with Crippen molar-refractivity contribution in [1.29, 1.82) is 0 Å². The summed E-state index contributed by atoms with van der Waals surface area (Å²) < 4.78 is 38.1. The van der Waals surface area contributed by atoms with Gasteiger partial charge in [-0.1, -0.05) is 11.6 Å². The predicted octanol–water partition coefficient (Wildman–Crippen LogP) is 2.08. The second-order valence-corrected chi connectivity index (χ2v) is 8.90. The third-order valence-electron chi connectivity index (χ3n) is 4.94. The van der Waals surface area contributed by atoms with Crippen LogP contribution in [0, 0.1) is 5.92 Å². The molecule has 0 N–H and O–H groups in total. The fourth-order valence-corrected chi connectivity index (χ4v) is 5.36. The van der Waals surface area contributed by atoms with E-state index in [1.54, 1.807) is 16.4 Å². The topological polar surface area (TPSA) is 59.1 Å². The zero-order valence-corrected chi connectivity index (χ0v) is 16.1. The van der Waals surface area contributed by atoms with Gasteiger partial charge in [-0.2, -0.15) is 4.31 Å². The van der Waals surface area contributed by atoms with Crippen molar-refractivity contribution in [3.05, 3.63) is 23.2 Å². The minimum absolute atomic E-state index is 0.147. The van der Waals surface area contributed by atoms with Crippen LogP contribution in [0.4, 0.5) is 0 Å². The van der Waals surface area contributed by atoms with Crippen molar-refractivity contribution in [2.24, 2.45) is 5.92 Å². The lowest BCUT2D eigenvalue weighted by atomic mass is 9.97. The summed E-state index contributed by atoms with van der Waals surface area (Å²) in [6.45, 7) is 5.62. The largest absolute Gasteiger partial charge is 0.495 e. The van der Waals surface area contributed by atoms with Crippen molar-refractivity contribution in [3.63, 3.8) is 0 Å². The van der Waals surface area contributed by atoms with Crippen LogP contribution in [0.5, 0.6) is 5.75 Å². The first-order valence-electron chi connectivity index (χ1n) is 8.64. The SMILES string of the molecule is COc1ccc(Cl)cc1S(=O)(=O)N1CCC(CN2CCOCC2)CC1. The molecule has 0 bridgehead atoms. The Kier molecular flexibility index (Phi) is 6.22. The molecule has 1 aromatic carbocycles. The summed E-state index contributed by atoms with van der Waals surface area (Å²) in [5.41, 5.74) is 0. The fraction of sp³-hybridized carbons (Fsp3) is 0.647. The van der Waals surface area contributed by atoms with Crippen molar-refractivity contribution in [2.75, 3.05) is 53.0 Å². The van der Waals surface area contributed by atoms with Gasteiger partial charge in [-0.3, -0.25) is 4.90 Å². The quantitative estimate of drug-likeness (QED) is 0.773. The first-order valence-corrected chi connectivity index (χ1v) is 10.5. The Morgan fingerprint density at radius 2 is 1.88 bits per heavy atom. The maximum Gasteiger partial charge on any atom is 0.246 e. The molecular formula is C17H25ClN2O4S. The maximum absolute atomic E-state index is 13.0. The smallest absolute Gasteiger partial charge is 0.246 e. The zero-order chi connectivity index (χ0) is 17.9. The Bertz CT molecular complexity index is 684. The van der Waals surface area contributed by atoms with Crippen LogP contribution in [0.25, 0.3) is 0 Å². The zero-order valence-electron chi connectivity index (χ0n) is 14.5. The number of ether oxygens (including phenoxy) is 2. The highest BCUT2D eigenvalue weighted by Gasteiger charge is 2.32. The van der Waals surface area contributed by atoms with Gasteiger partial charge in [0.2, 0.25) is 10.0 Å². The van der Waals surface area contributed by atoms with Crippen molar-refractivity contribution < 1.29 is 17.9 Å². The molecular weight excluding hydrogens is 364 g/mol. The molecule has 0 unspecified atom stereocenters. The van der Waals surface area contributed by atoms with Crippen molar-refractivity contribution >= 4 is 21.6 Å². The van der Waals surface area contributed by atoms with Crippen LogP contribution in [0.2, 0.25) is 5.02 Å². The molecule has 1 aromatic rings. The summed E-state index contributed by atoms with van der Waals surface area (Å²) in [6.07, 6.45) is 1.75. The van der Waals surface area contributed by atoms with E-state index in [9.17, 15) is 8.42 Å². The van der Waals surface area contributed by atoms with Crippen LogP contribution in [0.1, 0.15) is 12.8 Å². The van der Waals surface area contributed by atoms with Gasteiger partial charge < -0.3 is 9.47 Å². The standard InChI is InChI=1S/C17H25ClN2O4S/c1-23-16-3-2-15(18)12-17(16)25(21,22)20-6-4-14(5-7-20)13-19-8-10-24-11-9-19/h2-3,12,14H,4-11,13H2,1H3. The van der Waals surface area contributed by atoms with Crippen LogP contribution in [-0.4, -0.2) is 70.7 Å². The summed E-state index contributed by atoms with van der Waals surface area (Å²) in [7, 11) is -2.12. The Morgan fingerprint density at radius 3 is 2.52 bits per heavy atom. The van der Waals surface area contributed by atoms with E-state index in [1.165, 1.54) is 13.2 Å². The number of rotatable bonds is 5. The second-order valence-electron chi connectivity index (χ2n) is 6.56. The highest BCUT2D eigenvalue weighted by Crippen LogP contribution is 2.32. The monoisotopic (exact) mass is 388 g/mol. The summed E-state index contributed by atoms with van der Waals surface area (Å²) in [5.74, 6) is 0.866. The first kappa shape index (κ1) is 18.9. The summed E-state index contributed by atoms with van der Waals surface area (Å²) in [5, 5.41) is 0.390. The van der Waals surface area contributed by atoms with Gasteiger partial charge in [0.1, 0.15) is 10.6 Å². The Balaban J connectivity index is 1.64. The van der Waals surface area contributed by atoms with Crippen molar-refractivity contribution in [3.8, 4) is 5.75 Å². The van der Waals surface area contributed by atoms with E-state index in [4.69, 9.17) is 21.1 Å². The van der Waals surface area contributed by atoms with Crippen LogP contribution in [0.3, 0.4) is 0 Å². The normalized spacial score (nSPS) is 21.4. The molecule has 8 heteroatoms. The molecule has 140 valence electrons. The molecule has 2 aliphatic rings. The molecule has 3 rings (SSSR count). The van der Waals surface area contributed by atoms with E-state index in [0.717, 1.165) is 45.7 Å². The minimum Gasteiger partial charge on any atom is -0.495 e. The number of hydrogen-bond acceptors (Lipinski definition) is 5. The van der Waals surface area contributed by atoms with Gasteiger partial charge in [0, 0.05) is 37.7 Å². The van der Waals surface area contributed by atoms with Crippen LogP contribution >= 0.6 is 11.6 Å². The number of halogens is 1. The van der Waals surface area contributed by atoms with E-state index < -0.39 is 10.0 Å². The average Bonchev–Trinajstić information content (AvgIpc) is 2.63. The number of methoxy groups -OCH3 is 1. The predicted molar refractivity (Wildman–Crippen MR) is 96.7 cm³/mol. The van der Waals surface area contributed by atoms with E-state index >= 15 is 0 Å². The van der Waals surface area contributed by atoms with Gasteiger partial charge in [0.05, 0.1) is 20.3 Å². The number of hydrogen-bond donors (Lipinski definition) is 0. The van der Waals surface area contributed by atoms with E-state index in [1.807, 2.05) is 0 Å². The van der Waals surface area contributed by atoms with Gasteiger partial charge in [0.25, 0.3) is 0 Å². The average molecular weight is 389 g/mol. The van der Waals surface area contributed by atoms with Gasteiger partial charge in [-0.15, -0.1) is 0 Å². The molecule has 6 nitrogen and oxygen atoms in total. The highest BCUT2D eigenvalue weighted by atomic mass is 35.5. The summed E-state index contributed by atoms with van der Waals surface area (Å²) in [4.78, 5) is 2.56. The summed E-state index contributed by atoms with van der Waals surface area (Å²) in [6, 6.07) is 4.70. The van der Waals surface area contributed by atoms with Crippen LogP contribution in [0.15, 0.2) is 23.1 Å². The van der Waals surface area contributed by atoms with Gasteiger partial charge in [-0.05, 0) is 37.0 Å². The number of nitrogens with zero attached hydrogens (tertiary/aromatic N) is 2. The summed E-state index contributed by atoms with van der Waals surface area (Å²) >= 11 is 6.00. The molecule has 0 aromatic heterocycles. The molecule has 0 amide bonds. The van der Waals surface area contributed by atoms with Crippen molar-refractivity contribution in [1.82, 2.24) is 9.21 Å². The van der Waals surface area contributed by atoms with Gasteiger partial charge in [0.15, 0.2) is 0 Å². The van der Waals surface area contributed by atoms with Gasteiger partial charge in [-0.25, -0.2) is 8.42 Å². The van der Waals surface area contributed by atoms with E-state index in [-0.39, 0.29) is 4.90 Å². The molecule has 0 atom stereocenters. The third-order valence-corrected chi connectivity index (χ3v) is 7.09. The molecule has 2 aliphatic heterocycles. The van der Waals surface area contributed by atoms with Crippen LogP contribution in [-0.2, 0) is 14.8 Å². The number of sulfonamides is 1. The third kappa shape index (κ3) is 4.46.